The molecule has 0 amide bonds. The summed E-state index contributed by atoms with van der Waals surface area (Å²) < 4.78 is 19.6. The molecule has 0 radical (unpaired) electrons. The Hall–Kier alpha value is -1.55. The minimum atomic E-state index is -0.332. The maximum absolute atomic E-state index is 13.8. The summed E-state index contributed by atoms with van der Waals surface area (Å²) in [5.74, 6) is 0.728. The Morgan fingerprint density at radius 2 is 2.03 bits per heavy atom. The van der Waals surface area contributed by atoms with Gasteiger partial charge in [-0.2, -0.15) is 0 Å². The molecular formula is C21H30FIN4OS. The van der Waals surface area contributed by atoms with Crippen molar-refractivity contribution in [3.8, 4) is 5.75 Å². The zero-order chi connectivity index (χ0) is 19.8. The number of hydrogen-bond acceptors (Lipinski definition) is 4. The molecule has 0 saturated carbocycles. The Labute approximate surface area is 193 Å². The predicted molar refractivity (Wildman–Crippen MR) is 131 cm³/mol. The molecule has 2 heterocycles. The van der Waals surface area contributed by atoms with Crippen molar-refractivity contribution in [3.63, 3.8) is 0 Å². The second kappa shape index (κ2) is 12.2. The van der Waals surface area contributed by atoms with Crippen molar-refractivity contribution in [2.24, 2.45) is 4.99 Å². The van der Waals surface area contributed by atoms with Crippen LogP contribution in [0.3, 0.4) is 0 Å². The van der Waals surface area contributed by atoms with E-state index in [0.717, 1.165) is 38.3 Å². The number of piperidine rings is 1. The number of ether oxygens (including phenoxy) is 1. The van der Waals surface area contributed by atoms with Gasteiger partial charge in [0.2, 0.25) is 0 Å². The van der Waals surface area contributed by atoms with Gasteiger partial charge in [0, 0.05) is 26.2 Å². The molecule has 8 heteroatoms. The fourth-order valence-corrected chi connectivity index (χ4v) is 4.07. The molecule has 3 rings (SSSR count). The van der Waals surface area contributed by atoms with Crippen molar-refractivity contribution in [1.29, 1.82) is 0 Å². The van der Waals surface area contributed by atoms with Gasteiger partial charge in [0.25, 0.3) is 0 Å². The lowest BCUT2D eigenvalue weighted by molar-refractivity contribution is 0.191. The number of para-hydroxylation sites is 1. The molecule has 1 aliphatic rings. The lowest BCUT2D eigenvalue weighted by atomic mass is 10.1. The molecule has 5 nitrogen and oxygen atoms in total. The van der Waals surface area contributed by atoms with Crippen LogP contribution >= 0.6 is 35.3 Å². The third-order valence-corrected chi connectivity index (χ3v) is 5.89. The summed E-state index contributed by atoms with van der Waals surface area (Å²) in [6.07, 6.45) is 2.79. The number of thiophene rings is 1. The first-order valence-corrected chi connectivity index (χ1v) is 10.7. The first kappa shape index (κ1) is 23.7. The van der Waals surface area contributed by atoms with Crippen molar-refractivity contribution in [2.75, 3.05) is 31.6 Å². The zero-order valence-electron chi connectivity index (χ0n) is 16.9. The van der Waals surface area contributed by atoms with E-state index >= 15 is 0 Å². The fraction of sp³-hybridized carbons (Fsp3) is 0.476. The Morgan fingerprint density at radius 1 is 1.28 bits per heavy atom. The van der Waals surface area contributed by atoms with Gasteiger partial charge in [-0.25, -0.2) is 4.39 Å². The third kappa shape index (κ3) is 7.02. The predicted octanol–water partition coefficient (Wildman–Crippen LogP) is 4.50. The number of benzene rings is 1. The largest absolute Gasteiger partial charge is 0.486 e. The van der Waals surface area contributed by atoms with Gasteiger partial charge in [0.15, 0.2) is 17.5 Å². The molecule has 0 aliphatic carbocycles. The van der Waals surface area contributed by atoms with Gasteiger partial charge in [-0.15, -0.1) is 35.3 Å². The number of aliphatic imine (C=N–C) groups is 1. The highest BCUT2D eigenvalue weighted by Crippen LogP contribution is 2.24. The lowest BCUT2D eigenvalue weighted by Crippen LogP contribution is -2.50. The Morgan fingerprint density at radius 3 is 2.66 bits per heavy atom. The average Bonchev–Trinajstić information content (AvgIpc) is 3.26. The van der Waals surface area contributed by atoms with Crippen LogP contribution in [0.2, 0.25) is 0 Å². The Bertz CT molecular complexity index is 751. The lowest BCUT2D eigenvalue weighted by Gasteiger charge is -2.33. The third-order valence-electron chi connectivity index (χ3n) is 4.96. The summed E-state index contributed by atoms with van der Waals surface area (Å²) in [5.41, 5.74) is 0. The molecule has 2 aromatic rings. The van der Waals surface area contributed by atoms with E-state index in [2.05, 4.69) is 38.0 Å². The van der Waals surface area contributed by atoms with Crippen molar-refractivity contribution in [1.82, 2.24) is 10.6 Å². The number of rotatable bonds is 7. The number of nitrogens with zero attached hydrogens (tertiary/aromatic N) is 2. The quantitative estimate of drug-likeness (QED) is 0.314. The number of halogens is 2. The van der Waals surface area contributed by atoms with Crippen molar-refractivity contribution < 1.29 is 9.13 Å². The molecular weight excluding hydrogens is 502 g/mol. The molecule has 29 heavy (non-hydrogen) atoms. The SMILES string of the molecule is CCC(CNC(=NC)NC1CCN(c2cccs2)CC1)Oc1ccccc1F.I. The topological polar surface area (TPSA) is 48.9 Å². The van der Waals surface area contributed by atoms with Crippen LogP contribution in [-0.4, -0.2) is 44.8 Å². The van der Waals surface area contributed by atoms with Crippen LogP contribution in [0.5, 0.6) is 5.75 Å². The van der Waals surface area contributed by atoms with E-state index in [1.165, 1.54) is 11.1 Å². The average molecular weight is 532 g/mol. The van der Waals surface area contributed by atoms with Gasteiger partial charge in [0.05, 0.1) is 11.5 Å². The molecule has 1 saturated heterocycles. The number of anilines is 1. The first-order chi connectivity index (χ1) is 13.7. The highest BCUT2D eigenvalue weighted by atomic mass is 127. The molecule has 0 spiro atoms. The van der Waals surface area contributed by atoms with Crippen LogP contribution in [0.1, 0.15) is 26.2 Å². The number of nitrogens with one attached hydrogen (secondary N) is 2. The van der Waals surface area contributed by atoms with Crippen LogP contribution < -0.4 is 20.3 Å². The highest BCUT2D eigenvalue weighted by Gasteiger charge is 2.21. The molecule has 1 atom stereocenters. The molecule has 160 valence electrons. The standard InChI is InChI=1S/C21H29FN4OS.HI/c1-3-17(27-19-8-5-4-7-18(19)22)15-24-21(23-2)25-16-10-12-26(13-11-16)20-9-6-14-28-20;/h4-9,14,16-17H,3,10-13,15H2,1-2H3,(H2,23,24,25);1H. The second-order valence-electron chi connectivity index (χ2n) is 6.89. The van der Waals surface area contributed by atoms with Gasteiger partial charge >= 0.3 is 0 Å². The van der Waals surface area contributed by atoms with E-state index in [0.29, 0.717) is 18.3 Å². The fourth-order valence-electron chi connectivity index (χ4n) is 3.28. The molecule has 2 N–H and O–H groups in total. The van der Waals surface area contributed by atoms with Gasteiger partial charge in [-0.1, -0.05) is 19.1 Å². The summed E-state index contributed by atoms with van der Waals surface area (Å²) in [6, 6.07) is 11.2. The van der Waals surface area contributed by atoms with E-state index in [-0.39, 0.29) is 35.9 Å². The Balaban J connectivity index is 0.00000300. The molecule has 1 aliphatic heterocycles. The van der Waals surface area contributed by atoms with Crippen LogP contribution in [0, 0.1) is 5.82 Å². The van der Waals surface area contributed by atoms with Crippen molar-refractivity contribution in [2.45, 2.75) is 38.3 Å². The molecule has 0 bridgehead atoms. The number of guanidine groups is 1. The van der Waals surface area contributed by atoms with E-state index in [9.17, 15) is 4.39 Å². The van der Waals surface area contributed by atoms with Crippen LogP contribution in [0.4, 0.5) is 9.39 Å². The summed E-state index contributed by atoms with van der Waals surface area (Å²) in [6.45, 7) is 4.69. The second-order valence-corrected chi connectivity index (χ2v) is 7.81. The van der Waals surface area contributed by atoms with Gasteiger partial charge < -0.3 is 20.3 Å². The summed E-state index contributed by atoms with van der Waals surface area (Å²) >= 11 is 1.79. The molecule has 1 unspecified atom stereocenters. The van der Waals surface area contributed by atoms with Gasteiger partial charge in [-0.3, -0.25) is 4.99 Å². The summed E-state index contributed by atoms with van der Waals surface area (Å²) in [4.78, 5) is 6.77. The first-order valence-electron chi connectivity index (χ1n) is 9.86. The number of hydrogen-bond donors (Lipinski definition) is 2. The van der Waals surface area contributed by atoms with Crippen LogP contribution in [-0.2, 0) is 0 Å². The van der Waals surface area contributed by atoms with E-state index in [4.69, 9.17) is 4.74 Å². The summed E-state index contributed by atoms with van der Waals surface area (Å²) in [5, 5.41) is 10.3. The highest BCUT2D eigenvalue weighted by molar-refractivity contribution is 14.0. The molecule has 1 aromatic carbocycles. The van der Waals surface area contributed by atoms with E-state index in [1.807, 2.05) is 6.92 Å². The Kier molecular flexibility index (Phi) is 9.99. The van der Waals surface area contributed by atoms with Crippen LogP contribution in [0.15, 0.2) is 46.8 Å². The maximum Gasteiger partial charge on any atom is 0.191 e. The monoisotopic (exact) mass is 532 g/mol. The minimum Gasteiger partial charge on any atom is -0.486 e. The van der Waals surface area contributed by atoms with Crippen molar-refractivity contribution in [3.05, 3.63) is 47.6 Å². The zero-order valence-corrected chi connectivity index (χ0v) is 20.1. The van der Waals surface area contributed by atoms with Crippen LogP contribution in [0.25, 0.3) is 0 Å². The van der Waals surface area contributed by atoms with Crippen molar-refractivity contribution >= 4 is 46.3 Å². The smallest absolute Gasteiger partial charge is 0.191 e. The summed E-state index contributed by atoms with van der Waals surface area (Å²) in [7, 11) is 1.77. The molecule has 1 aromatic heterocycles. The van der Waals surface area contributed by atoms with Gasteiger partial charge in [-0.05, 0) is 48.9 Å². The van der Waals surface area contributed by atoms with E-state index in [1.54, 1.807) is 36.6 Å². The van der Waals surface area contributed by atoms with Gasteiger partial charge in [0.1, 0.15) is 6.10 Å². The maximum atomic E-state index is 13.8. The minimum absolute atomic E-state index is 0. The van der Waals surface area contributed by atoms with E-state index < -0.39 is 0 Å². The normalized spacial score (nSPS) is 16.1. The molecule has 1 fully saturated rings.